The zero-order valence-corrected chi connectivity index (χ0v) is 14.9. The molecule has 0 bridgehead atoms. The van der Waals surface area contributed by atoms with E-state index in [4.69, 9.17) is 10.5 Å². The molecule has 0 unspecified atom stereocenters. The molecule has 0 saturated carbocycles. The van der Waals surface area contributed by atoms with Crippen molar-refractivity contribution in [1.29, 1.82) is 0 Å². The fourth-order valence-corrected chi connectivity index (χ4v) is 3.39. The molecule has 6 nitrogen and oxygen atoms in total. The second kappa shape index (κ2) is 6.63. The summed E-state index contributed by atoms with van der Waals surface area (Å²) in [7, 11) is 1.70. The van der Waals surface area contributed by atoms with Gasteiger partial charge in [-0.1, -0.05) is 12.1 Å². The predicted molar refractivity (Wildman–Crippen MR) is 99.4 cm³/mol. The Morgan fingerprint density at radius 2 is 2.00 bits per heavy atom. The molecule has 3 rings (SSSR count). The van der Waals surface area contributed by atoms with E-state index in [2.05, 4.69) is 34.7 Å². The van der Waals surface area contributed by atoms with E-state index in [1.54, 1.807) is 25.4 Å². The summed E-state index contributed by atoms with van der Waals surface area (Å²) in [6.07, 6.45) is 1.63. The monoisotopic (exact) mass is 340 g/mol. The molecule has 1 aromatic heterocycles. The summed E-state index contributed by atoms with van der Waals surface area (Å²) in [4.78, 5) is 20.4. The van der Waals surface area contributed by atoms with Crippen LogP contribution in [0.3, 0.4) is 0 Å². The first-order chi connectivity index (χ1) is 11.9. The fourth-order valence-electron chi connectivity index (χ4n) is 3.39. The smallest absolute Gasteiger partial charge is 0.248 e. The molecule has 1 aliphatic heterocycles. The second-order valence-electron chi connectivity index (χ2n) is 6.82. The maximum atomic E-state index is 11.4. The molecular weight excluding hydrogens is 316 g/mol. The number of rotatable bonds is 4. The van der Waals surface area contributed by atoms with Crippen LogP contribution in [0.15, 0.2) is 42.6 Å². The molecule has 1 aliphatic rings. The van der Waals surface area contributed by atoms with E-state index in [0.29, 0.717) is 5.56 Å². The summed E-state index contributed by atoms with van der Waals surface area (Å²) in [6, 6.07) is 11.5. The van der Waals surface area contributed by atoms with Gasteiger partial charge in [-0.3, -0.25) is 4.79 Å². The van der Waals surface area contributed by atoms with Gasteiger partial charge < -0.3 is 20.3 Å². The van der Waals surface area contributed by atoms with Gasteiger partial charge in [-0.05, 0) is 38.1 Å². The quantitative estimate of drug-likeness (QED) is 0.925. The van der Waals surface area contributed by atoms with Crippen LogP contribution in [0.4, 0.5) is 11.5 Å². The van der Waals surface area contributed by atoms with Gasteiger partial charge in [0.2, 0.25) is 5.91 Å². The molecule has 2 aromatic rings. The fraction of sp³-hybridized carbons (Fsp3) is 0.368. The Kier molecular flexibility index (Phi) is 4.53. The molecule has 2 N–H and O–H groups in total. The van der Waals surface area contributed by atoms with Gasteiger partial charge in [-0.2, -0.15) is 0 Å². The number of pyridine rings is 1. The average molecular weight is 340 g/mol. The number of piperazine rings is 1. The maximum Gasteiger partial charge on any atom is 0.248 e. The third kappa shape index (κ3) is 3.38. The lowest BCUT2D eigenvalue weighted by molar-refractivity contribution is 0.1000. The highest BCUT2D eigenvalue weighted by atomic mass is 16.5. The van der Waals surface area contributed by atoms with Crippen molar-refractivity contribution in [1.82, 2.24) is 4.98 Å². The summed E-state index contributed by atoms with van der Waals surface area (Å²) >= 11 is 0. The molecule has 1 aromatic carbocycles. The number of primary amides is 1. The highest BCUT2D eigenvalue weighted by Gasteiger charge is 2.35. The average Bonchev–Trinajstić information content (AvgIpc) is 2.61. The number of hydrogen-bond acceptors (Lipinski definition) is 5. The first-order valence-corrected chi connectivity index (χ1v) is 8.34. The number of hydrogen-bond donors (Lipinski definition) is 1. The van der Waals surface area contributed by atoms with Gasteiger partial charge in [0.15, 0.2) is 0 Å². The van der Waals surface area contributed by atoms with Gasteiger partial charge >= 0.3 is 0 Å². The Balaban J connectivity index is 1.85. The number of para-hydroxylation sites is 2. The number of nitrogens with zero attached hydrogens (tertiary/aromatic N) is 3. The van der Waals surface area contributed by atoms with Crippen LogP contribution in [0, 0.1) is 0 Å². The Morgan fingerprint density at radius 3 is 2.68 bits per heavy atom. The SMILES string of the molecule is COc1ccccc1N1CCN(c2cc(C(N)=O)ccn2)CC1(C)C. The number of carbonyl (C=O) groups excluding carboxylic acids is 1. The molecule has 0 atom stereocenters. The standard InChI is InChI=1S/C19H24N4O2/c1-19(2)13-22(17-12-14(18(20)24)8-9-21-17)10-11-23(19)15-6-4-5-7-16(15)25-3/h4-9,12H,10-11,13H2,1-3H3,(H2,20,24). The van der Waals surface area contributed by atoms with E-state index in [-0.39, 0.29) is 5.54 Å². The van der Waals surface area contributed by atoms with E-state index in [0.717, 1.165) is 36.9 Å². The van der Waals surface area contributed by atoms with E-state index in [1.807, 2.05) is 18.2 Å². The van der Waals surface area contributed by atoms with Crippen molar-refractivity contribution >= 4 is 17.4 Å². The van der Waals surface area contributed by atoms with Crippen molar-refractivity contribution in [3.05, 3.63) is 48.2 Å². The molecule has 1 amide bonds. The summed E-state index contributed by atoms with van der Waals surface area (Å²) in [5.41, 5.74) is 6.83. The van der Waals surface area contributed by atoms with Crippen molar-refractivity contribution in [2.75, 3.05) is 36.5 Å². The lowest BCUT2D eigenvalue weighted by Crippen LogP contribution is -2.60. The van der Waals surface area contributed by atoms with Gasteiger partial charge in [0, 0.05) is 31.4 Å². The third-order valence-corrected chi connectivity index (χ3v) is 4.63. The summed E-state index contributed by atoms with van der Waals surface area (Å²) in [5, 5.41) is 0. The number of carbonyl (C=O) groups is 1. The van der Waals surface area contributed by atoms with Crippen LogP contribution >= 0.6 is 0 Å². The second-order valence-corrected chi connectivity index (χ2v) is 6.82. The number of amides is 1. The van der Waals surface area contributed by atoms with Gasteiger partial charge in [0.1, 0.15) is 11.6 Å². The molecular formula is C19H24N4O2. The minimum Gasteiger partial charge on any atom is -0.495 e. The maximum absolute atomic E-state index is 11.4. The zero-order valence-electron chi connectivity index (χ0n) is 14.9. The normalized spacial score (nSPS) is 16.6. The van der Waals surface area contributed by atoms with Gasteiger partial charge in [-0.15, -0.1) is 0 Å². The minimum atomic E-state index is -0.435. The van der Waals surface area contributed by atoms with Crippen LogP contribution in [-0.2, 0) is 0 Å². The van der Waals surface area contributed by atoms with Crippen LogP contribution in [0.1, 0.15) is 24.2 Å². The van der Waals surface area contributed by atoms with Crippen LogP contribution in [0.2, 0.25) is 0 Å². The number of nitrogens with two attached hydrogens (primary N) is 1. The summed E-state index contributed by atoms with van der Waals surface area (Å²) < 4.78 is 5.53. The van der Waals surface area contributed by atoms with Gasteiger partial charge in [0.25, 0.3) is 0 Å². The van der Waals surface area contributed by atoms with Crippen LogP contribution in [0.5, 0.6) is 5.75 Å². The molecule has 2 heterocycles. The molecule has 6 heteroatoms. The van der Waals surface area contributed by atoms with Crippen LogP contribution in [-0.4, -0.2) is 43.2 Å². The zero-order chi connectivity index (χ0) is 18.0. The number of ether oxygens (including phenoxy) is 1. The first-order valence-electron chi connectivity index (χ1n) is 8.34. The van der Waals surface area contributed by atoms with Crippen molar-refractivity contribution < 1.29 is 9.53 Å². The minimum absolute atomic E-state index is 0.128. The first kappa shape index (κ1) is 17.1. The largest absolute Gasteiger partial charge is 0.495 e. The molecule has 0 spiro atoms. The van der Waals surface area contributed by atoms with E-state index in [9.17, 15) is 4.79 Å². The van der Waals surface area contributed by atoms with Crippen molar-refractivity contribution in [2.24, 2.45) is 5.73 Å². The van der Waals surface area contributed by atoms with Gasteiger partial charge in [0.05, 0.1) is 18.3 Å². The Bertz CT molecular complexity index is 776. The number of benzene rings is 1. The Morgan fingerprint density at radius 1 is 1.24 bits per heavy atom. The topological polar surface area (TPSA) is 71.7 Å². The Labute approximate surface area is 148 Å². The lowest BCUT2D eigenvalue weighted by atomic mass is 9.97. The van der Waals surface area contributed by atoms with Crippen molar-refractivity contribution in [2.45, 2.75) is 19.4 Å². The molecule has 0 aliphatic carbocycles. The number of anilines is 2. The predicted octanol–water partition coefficient (Wildman–Crippen LogP) is 2.29. The van der Waals surface area contributed by atoms with E-state index < -0.39 is 5.91 Å². The van der Waals surface area contributed by atoms with Crippen molar-refractivity contribution in [3.8, 4) is 5.75 Å². The van der Waals surface area contributed by atoms with E-state index >= 15 is 0 Å². The van der Waals surface area contributed by atoms with Crippen LogP contribution in [0.25, 0.3) is 0 Å². The van der Waals surface area contributed by atoms with Gasteiger partial charge in [-0.25, -0.2) is 4.98 Å². The third-order valence-electron chi connectivity index (χ3n) is 4.63. The van der Waals surface area contributed by atoms with Crippen LogP contribution < -0.4 is 20.3 Å². The molecule has 1 saturated heterocycles. The lowest BCUT2D eigenvalue weighted by Gasteiger charge is -2.49. The molecule has 0 radical (unpaired) electrons. The summed E-state index contributed by atoms with van der Waals surface area (Å²) in [6.45, 7) is 6.81. The highest BCUT2D eigenvalue weighted by Crippen LogP contribution is 2.35. The van der Waals surface area contributed by atoms with Crippen molar-refractivity contribution in [3.63, 3.8) is 0 Å². The number of aromatic nitrogens is 1. The molecule has 132 valence electrons. The Hall–Kier alpha value is -2.76. The highest BCUT2D eigenvalue weighted by molar-refractivity contribution is 5.93. The molecule has 1 fully saturated rings. The number of methoxy groups -OCH3 is 1. The van der Waals surface area contributed by atoms with E-state index in [1.165, 1.54) is 0 Å². The summed E-state index contributed by atoms with van der Waals surface area (Å²) in [5.74, 6) is 1.22. The molecule has 25 heavy (non-hydrogen) atoms.